The fourth-order valence-electron chi connectivity index (χ4n) is 0.606. The first-order valence-electron chi connectivity index (χ1n) is 3.93. The molecule has 0 amide bonds. The first kappa shape index (κ1) is 10.8. The van der Waals surface area contributed by atoms with E-state index >= 15 is 0 Å². The van der Waals surface area contributed by atoms with Crippen LogP contribution in [-0.4, -0.2) is 17.3 Å². The van der Waals surface area contributed by atoms with E-state index in [9.17, 15) is 0 Å². The topological polar surface area (TPSA) is 49.9 Å². The van der Waals surface area contributed by atoms with E-state index in [0.717, 1.165) is 17.9 Å². The molecule has 0 rings (SSSR count). The molecule has 0 aromatic rings. The zero-order valence-corrected chi connectivity index (χ0v) is 8.42. The van der Waals surface area contributed by atoms with Gasteiger partial charge in [0.15, 0.2) is 0 Å². The van der Waals surface area contributed by atoms with Crippen molar-refractivity contribution in [3.05, 3.63) is 0 Å². The first-order chi connectivity index (χ1) is 5.00. The third-order valence-corrected chi connectivity index (χ3v) is 2.71. The molecule has 0 radical (unpaired) electrons. The van der Waals surface area contributed by atoms with Crippen molar-refractivity contribution < 1.29 is 0 Å². The lowest BCUT2D eigenvalue weighted by Gasteiger charge is -2.22. The van der Waals surface area contributed by atoms with Gasteiger partial charge < -0.3 is 5.73 Å². The third kappa shape index (κ3) is 4.30. The fourth-order valence-corrected chi connectivity index (χ4v) is 1.55. The Morgan fingerprint density at radius 2 is 2.09 bits per heavy atom. The van der Waals surface area contributed by atoms with Crippen LogP contribution in [0.25, 0.3) is 0 Å². The predicted molar refractivity (Wildman–Crippen MR) is 53.3 cm³/mol. The average Bonchev–Trinajstić information content (AvgIpc) is 1.88. The van der Waals surface area contributed by atoms with Gasteiger partial charge in [-0.1, -0.05) is 20.8 Å². The van der Waals surface area contributed by atoms with Crippen molar-refractivity contribution in [2.45, 2.75) is 27.2 Å². The molecule has 0 aliphatic carbocycles. The maximum absolute atomic E-state index is 7.30. The minimum atomic E-state index is -0.109. The van der Waals surface area contributed by atoms with Gasteiger partial charge in [-0.2, -0.15) is 11.8 Å². The standard InChI is InChI=1S/C8H18N2S/c1-4-11-6-5-8(2,3)7(9)10/h4-6H2,1-3H3,(H3,9,10). The van der Waals surface area contributed by atoms with E-state index in [2.05, 4.69) is 6.92 Å². The van der Waals surface area contributed by atoms with Gasteiger partial charge >= 0.3 is 0 Å². The van der Waals surface area contributed by atoms with Gasteiger partial charge in [-0.3, -0.25) is 5.41 Å². The zero-order valence-electron chi connectivity index (χ0n) is 7.61. The Labute approximate surface area is 73.4 Å². The molecule has 0 aromatic carbocycles. The van der Waals surface area contributed by atoms with E-state index in [-0.39, 0.29) is 5.41 Å². The smallest absolute Gasteiger partial charge is 0.0963 e. The van der Waals surface area contributed by atoms with Crippen LogP contribution in [0.4, 0.5) is 0 Å². The minimum Gasteiger partial charge on any atom is -0.387 e. The summed E-state index contributed by atoms with van der Waals surface area (Å²) in [5, 5.41) is 7.30. The highest BCUT2D eigenvalue weighted by molar-refractivity contribution is 7.99. The van der Waals surface area contributed by atoms with Crippen LogP contribution in [0.15, 0.2) is 0 Å². The van der Waals surface area contributed by atoms with Gasteiger partial charge in [0.05, 0.1) is 5.84 Å². The molecule has 0 bridgehead atoms. The molecule has 0 fully saturated rings. The molecule has 3 heteroatoms. The Morgan fingerprint density at radius 1 is 1.55 bits per heavy atom. The zero-order chi connectivity index (χ0) is 8.91. The lowest BCUT2D eigenvalue weighted by Crippen LogP contribution is -2.31. The van der Waals surface area contributed by atoms with Gasteiger partial charge in [0.25, 0.3) is 0 Å². The molecule has 0 atom stereocenters. The highest BCUT2D eigenvalue weighted by Gasteiger charge is 2.20. The average molecular weight is 174 g/mol. The van der Waals surface area contributed by atoms with Gasteiger partial charge in [-0.15, -0.1) is 0 Å². The van der Waals surface area contributed by atoms with Crippen LogP contribution in [0.3, 0.4) is 0 Å². The number of nitrogens with one attached hydrogen (secondary N) is 1. The molecular formula is C8H18N2S. The molecule has 11 heavy (non-hydrogen) atoms. The molecule has 0 unspecified atom stereocenters. The molecule has 0 saturated heterocycles. The first-order valence-corrected chi connectivity index (χ1v) is 5.08. The van der Waals surface area contributed by atoms with Crippen LogP contribution in [0.5, 0.6) is 0 Å². The summed E-state index contributed by atoms with van der Waals surface area (Å²) < 4.78 is 0. The Hall–Kier alpha value is -0.180. The number of hydrogen-bond donors (Lipinski definition) is 2. The van der Waals surface area contributed by atoms with Crippen LogP contribution >= 0.6 is 11.8 Å². The van der Waals surface area contributed by atoms with Crippen LogP contribution in [0.2, 0.25) is 0 Å². The maximum atomic E-state index is 7.30. The fraction of sp³-hybridized carbons (Fsp3) is 0.875. The number of amidine groups is 1. The Morgan fingerprint density at radius 3 is 2.45 bits per heavy atom. The number of nitrogens with two attached hydrogens (primary N) is 1. The third-order valence-electron chi connectivity index (χ3n) is 1.80. The molecule has 0 spiro atoms. The molecule has 0 aliphatic heterocycles. The number of hydrogen-bond acceptors (Lipinski definition) is 2. The van der Waals surface area contributed by atoms with Crippen molar-refractivity contribution in [1.82, 2.24) is 0 Å². The highest BCUT2D eigenvalue weighted by atomic mass is 32.2. The second-order valence-electron chi connectivity index (χ2n) is 3.24. The summed E-state index contributed by atoms with van der Waals surface area (Å²) in [5.41, 5.74) is 5.32. The molecule has 0 saturated carbocycles. The molecular weight excluding hydrogens is 156 g/mol. The monoisotopic (exact) mass is 174 g/mol. The van der Waals surface area contributed by atoms with Crippen molar-refractivity contribution in [2.75, 3.05) is 11.5 Å². The molecule has 3 N–H and O–H groups in total. The van der Waals surface area contributed by atoms with E-state index in [1.54, 1.807) is 0 Å². The summed E-state index contributed by atoms with van der Waals surface area (Å²) in [5.74, 6) is 2.55. The Balaban J connectivity index is 3.64. The van der Waals surface area contributed by atoms with Crippen LogP contribution in [-0.2, 0) is 0 Å². The van der Waals surface area contributed by atoms with E-state index in [4.69, 9.17) is 11.1 Å². The van der Waals surface area contributed by atoms with Crippen molar-refractivity contribution in [3.8, 4) is 0 Å². The molecule has 66 valence electrons. The van der Waals surface area contributed by atoms with E-state index in [0.29, 0.717) is 5.84 Å². The second kappa shape index (κ2) is 4.65. The Kier molecular flexibility index (Phi) is 4.57. The van der Waals surface area contributed by atoms with Crippen molar-refractivity contribution >= 4 is 17.6 Å². The second-order valence-corrected chi connectivity index (χ2v) is 4.64. The van der Waals surface area contributed by atoms with Crippen LogP contribution < -0.4 is 5.73 Å². The minimum absolute atomic E-state index is 0.109. The lowest BCUT2D eigenvalue weighted by molar-refractivity contribution is 0.500. The van der Waals surface area contributed by atoms with Gasteiger partial charge in [-0.05, 0) is 17.9 Å². The van der Waals surface area contributed by atoms with E-state index < -0.39 is 0 Å². The van der Waals surface area contributed by atoms with Gasteiger partial charge in [0.2, 0.25) is 0 Å². The van der Waals surface area contributed by atoms with Gasteiger partial charge in [-0.25, -0.2) is 0 Å². The van der Waals surface area contributed by atoms with Gasteiger partial charge in [0, 0.05) is 5.41 Å². The summed E-state index contributed by atoms with van der Waals surface area (Å²) in [7, 11) is 0. The number of rotatable bonds is 5. The lowest BCUT2D eigenvalue weighted by atomic mass is 9.89. The summed E-state index contributed by atoms with van der Waals surface area (Å²) in [6.45, 7) is 6.18. The van der Waals surface area contributed by atoms with E-state index in [1.165, 1.54) is 0 Å². The van der Waals surface area contributed by atoms with Crippen molar-refractivity contribution in [1.29, 1.82) is 5.41 Å². The summed E-state index contributed by atoms with van der Waals surface area (Å²) in [4.78, 5) is 0. The largest absolute Gasteiger partial charge is 0.387 e. The molecule has 0 aliphatic rings. The van der Waals surface area contributed by atoms with Crippen LogP contribution in [0, 0.1) is 10.8 Å². The number of thioether (sulfide) groups is 1. The molecule has 0 heterocycles. The quantitative estimate of drug-likeness (QED) is 0.381. The highest BCUT2D eigenvalue weighted by Crippen LogP contribution is 2.21. The van der Waals surface area contributed by atoms with Crippen LogP contribution in [0.1, 0.15) is 27.2 Å². The van der Waals surface area contributed by atoms with E-state index in [1.807, 2.05) is 25.6 Å². The van der Waals surface area contributed by atoms with Crippen molar-refractivity contribution in [3.63, 3.8) is 0 Å². The summed E-state index contributed by atoms with van der Waals surface area (Å²) >= 11 is 1.90. The van der Waals surface area contributed by atoms with Gasteiger partial charge in [0.1, 0.15) is 0 Å². The van der Waals surface area contributed by atoms with Crippen molar-refractivity contribution in [2.24, 2.45) is 11.1 Å². The molecule has 0 aromatic heterocycles. The molecule has 2 nitrogen and oxygen atoms in total. The SMILES string of the molecule is CCSCCC(C)(C)C(=N)N. The normalized spacial score (nSPS) is 11.5. The Bertz CT molecular complexity index is 132. The summed E-state index contributed by atoms with van der Waals surface area (Å²) in [6.07, 6.45) is 1.00. The predicted octanol–water partition coefficient (Wildman–Crippen LogP) is 2.09. The maximum Gasteiger partial charge on any atom is 0.0963 e. The summed E-state index contributed by atoms with van der Waals surface area (Å²) in [6, 6.07) is 0.